The average molecular weight is 355 g/mol. The molecule has 2 heterocycles. The molecular formula is C15H12F3N3O4. The van der Waals surface area contributed by atoms with Crippen molar-refractivity contribution in [2.24, 2.45) is 0 Å². The first-order valence-electron chi connectivity index (χ1n) is 7.32. The number of carbonyl (C=O) groups excluding carboxylic acids is 1. The summed E-state index contributed by atoms with van der Waals surface area (Å²) in [6.07, 6.45) is -3.74. The van der Waals surface area contributed by atoms with Crippen LogP contribution in [0.1, 0.15) is 29.1 Å². The number of aliphatic carboxylic acids is 1. The standard InChI is InChI=1S/C15H12F3N3O4/c16-15(17,18)14-19-11(20-25-14)8-3-5-9(6-4-8)12(22)21-7-1-2-10(21)13(23)24/h3-6,10H,1-2,7H2,(H,23,24)/t10-/m0/s1. The van der Waals surface area contributed by atoms with E-state index < -0.39 is 30.0 Å². The molecule has 0 spiro atoms. The summed E-state index contributed by atoms with van der Waals surface area (Å²) in [5.41, 5.74) is 0.475. The Kier molecular flexibility index (Phi) is 4.19. The molecule has 0 radical (unpaired) electrons. The maximum Gasteiger partial charge on any atom is 0.471 e. The maximum absolute atomic E-state index is 12.5. The third-order valence-corrected chi connectivity index (χ3v) is 3.86. The Bertz CT molecular complexity index is 801. The normalized spacial score (nSPS) is 17.7. The summed E-state index contributed by atoms with van der Waals surface area (Å²) in [6, 6.07) is 4.67. The van der Waals surface area contributed by atoms with Crippen molar-refractivity contribution in [1.29, 1.82) is 0 Å². The van der Waals surface area contributed by atoms with Gasteiger partial charge in [-0.15, -0.1) is 0 Å². The van der Waals surface area contributed by atoms with Gasteiger partial charge in [0.2, 0.25) is 5.82 Å². The van der Waals surface area contributed by atoms with Crippen molar-refractivity contribution in [3.8, 4) is 11.4 Å². The molecule has 1 N–H and O–H groups in total. The van der Waals surface area contributed by atoms with Gasteiger partial charge in [0, 0.05) is 17.7 Å². The quantitative estimate of drug-likeness (QED) is 0.908. The Balaban J connectivity index is 1.79. The van der Waals surface area contributed by atoms with Crippen molar-refractivity contribution in [3.63, 3.8) is 0 Å². The molecule has 1 fully saturated rings. The number of rotatable bonds is 3. The molecule has 0 bridgehead atoms. The molecule has 2 aromatic rings. The summed E-state index contributed by atoms with van der Waals surface area (Å²) in [6.45, 7) is 0.345. The summed E-state index contributed by atoms with van der Waals surface area (Å²) in [5.74, 6) is -3.21. The molecule has 1 saturated heterocycles. The van der Waals surface area contributed by atoms with E-state index in [1.165, 1.54) is 29.2 Å². The second kappa shape index (κ2) is 6.19. The van der Waals surface area contributed by atoms with Crippen molar-refractivity contribution >= 4 is 11.9 Å². The Morgan fingerprint density at radius 1 is 1.24 bits per heavy atom. The molecule has 1 aromatic heterocycles. The first kappa shape index (κ1) is 16.9. The fourth-order valence-corrected chi connectivity index (χ4v) is 2.65. The van der Waals surface area contributed by atoms with E-state index in [0.29, 0.717) is 19.4 Å². The van der Waals surface area contributed by atoms with Gasteiger partial charge in [-0.2, -0.15) is 18.2 Å². The second-order valence-corrected chi connectivity index (χ2v) is 5.49. The van der Waals surface area contributed by atoms with Crippen LogP contribution < -0.4 is 0 Å². The minimum absolute atomic E-state index is 0.233. The molecule has 7 nitrogen and oxygen atoms in total. The topological polar surface area (TPSA) is 96.5 Å². The van der Waals surface area contributed by atoms with Gasteiger partial charge in [-0.1, -0.05) is 17.3 Å². The Morgan fingerprint density at radius 3 is 2.48 bits per heavy atom. The van der Waals surface area contributed by atoms with Gasteiger partial charge in [0.25, 0.3) is 5.91 Å². The highest BCUT2D eigenvalue weighted by atomic mass is 19.4. The Morgan fingerprint density at radius 2 is 1.92 bits per heavy atom. The molecule has 132 valence electrons. The van der Waals surface area contributed by atoms with Crippen LogP contribution in [0.25, 0.3) is 11.4 Å². The number of hydrogen-bond acceptors (Lipinski definition) is 5. The highest BCUT2D eigenvalue weighted by molar-refractivity contribution is 5.97. The zero-order chi connectivity index (χ0) is 18.2. The lowest BCUT2D eigenvalue weighted by Gasteiger charge is -2.21. The van der Waals surface area contributed by atoms with Crippen molar-refractivity contribution in [3.05, 3.63) is 35.7 Å². The first-order valence-corrected chi connectivity index (χ1v) is 7.32. The van der Waals surface area contributed by atoms with Crippen molar-refractivity contribution in [2.45, 2.75) is 25.1 Å². The van der Waals surface area contributed by atoms with Crippen LogP contribution in [0.2, 0.25) is 0 Å². The van der Waals surface area contributed by atoms with E-state index in [1.807, 2.05) is 0 Å². The van der Waals surface area contributed by atoms with Gasteiger partial charge in [0.15, 0.2) is 0 Å². The van der Waals surface area contributed by atoms with E-state index in [9.17, 15) is 22.8 Å². The van der Waals surface area contributed by atoms with Crippen LogP contribution in [-0.4, -0.2) is 44.6 Å². The highest BCUT2D eigenvalue weighted by Gasteiger charge is 2.38. The van der Waals surface area contributed by atoms with Crippen molar-refractivity contribution < 1.29 is 32.4 Å². The van der Waals surface area contributed by atoms with E-state index in [-0.39, 0.29) is 17.0 Å². The van der Waals surface area contributed by atoms with Crippen molar-refractivity contribution in [2.75, 3.05) is 6.54 Å². The van der Waals surface area contributed by atoms with Crippen LogP contribution in [0.15, 0.2) is 28.8 Å². The summed E-state index contributed by atoms with van der Waals surface area (Å²) in [5, 5.41) is 12.4. The fourth-order valence-electron chi connectivity index (χ4n) is 2.65. The lowest BCUT2D eigenvalue weighted by atomic mass is 10.1. The molecule has 0 saturated carbocycles. The molecule has 1 amide bonds. The number of nitrogens with zero attached hydrogens (tertiary/aromatic N) is 3. The number of benzene rings is 1. The predicted octanol–water partition coefficient (Wildman–Crippen LogP) is 2.44. The SMILES string of the molecule is O=C(O)[C@@H]1CCCN1C(=O)c1ccc(-c2noc(C(F)(F)F)n2)cc1. The highest BCUT2D eigenvalue weighted by Crippen LogP contribution is 2.29. The molecule has 0 aliphatic carbocycles. The number of hydrogen-bond donors (Lipinski definition) is 1. The van der Waals surface area contributed by atoms with Gasteiger partial charge < -0.3 is 14.5 Å². The van der Waals surface area contributed by atoms with E-state index in [2.05, 4.69) is 14.7 Å². The number of amides is 1. The number of carboxylic acids is 1. The number of likely N-dealkylation sites (tertiary alicyclic amines) is 1. The van der Waals surface area contributed by atoms with Gasteiger partial charge in [-0.3, -0.25) is 4.79 Å². The third kappa shape index (κ3) is 3.32. The summed E-state index contributed by atoms with van der Waals surface area (Å²) < 4.78 is 41.6. The Labute approximate surface area is 139 Å². The first-order chi connectivity index (χ1) is 11.8. The van der Waals surface area contributed by atoms with E-state index >= 15 is 0 Å². The second-order valence-electron chi connectivity index (χ2n) is 5.49. The molecule has 1 aliphatic rings. The van der Waals surface area contributed by atoms with Gasteiger partial charge in [0.1, 0.15) is 6.04 Å². The number of alkyl halides is 3. The molecule has 10 heteroatoms. The summed E-state index contributed by atoms with van der Waals surface area (Å²) in [7, 11) is 0. The van der Waals surface area contributed by atoms with E-state index in [4.69, 9.17) is 5.11 Å². The maximum atomic E-state index is 12.5. The van der Waals surface area contributed by atoms with E-state index in [0.717, 1.165) is 0 Å². The predicted molar refractivity (Wildman–Crippen MR) is 76.4 cm³/mol. The molecule has 0 unspecified atom stereocenters. The van der Waals surface area contributed by atoms with Gasteiger partial charge >= 0.3 is 18.0 Å². The number of carbonyl (C=O) groups is 2. The summed E-state index contributed by atoms with van der Waals surface area (Å²) >= 11 is 0. The fraction of sp³-hybridized carbons (Fsp3) is 0.333. The van der Waals surface area contributed by atoms with Crippen LogP contribution in [0.4, 0.5) is 13.2 Å². The zero-order valence-electron chi connectivity index (χ0n) is 12.7. The zero-order valence-corrected chi connectivity index (χ0v) is 12.7. The van der Waals surface area contributed by atoms with Gasteiger partial charge in [-0.05, 0) is 25.0 Å². The molecule has 1 atom stereocenters. The van der Waals surface area contributed by atoms with Crippen LogP contribution >= 0.6 is 0 Å². The largest absolute Gasteiger partial charge is 0.480 e. The smallest absolute Gasteiger partial charge is 0.471 e. The molecule has 25 heavy (non-hydrogen) atoms. The minimum atomic E-state index is -4.73. The van der Waals surface area contributed by atoms with E-state index in [1.54, 1.807) is 0 Å². The number of aromatic nitrogens is 2. The molecule has 1 aliphatic heterocycles. The summed E-state index contributed by atoms with van der Waals surface area (Å²) in [4.78, 5) is 28.1. The van der Waals surface area contributed by atoms with Gasteiger partial charge in [-0.25, -0.2) is 4.79 Å². The molecular weight excluding hydrogens is 343 g/mol. The van der Waals surface area contributed by atoms with Gasteiger partial charge in [0.05, 0.1) is 0 Å². The van der Waals surface area contributed by atoms with Crippen LogP contribution in [0.3, 0.4) is 0 Å². The van der Waals surface area contributed by atoms with Crippen molar-refractivity contribution in [1.82, 2.24) is 15.0 Å². The number of halogens is 3. The lowest BCUT2D eigenvalue weighted by molar-refractivity contribution is -0.159. The average Bonchev–Trinajstić information content (AvgIpc) is 3.23. The lowest BCUT2D eigenvalue weighted by Crippen LogP contribution is -2.40. The number of carboxylic acid groups (broad SMARTS) is 1. The third-order valence-electron chi connectivity index (χ3n) is 3.86. The van der Waals surface area contributed by atoms with Crippen LogP contribution in [0.5, 0.6) is 0 Å². The monoisotopic (exact) mass is 355 g/mol. The van der Waals surface area contributed by atoms with Crippen LogP contribution in [-0.2, 0) is 11.0 Å². The Hall–Kier alpha value is -2.91. The minimum Gasteiger partial charge on any atom is -0.480 e. The van der Waals surface area contributed by atoms with Crippen LogP contribution in [0, 0.1) is 0 Å². The molecule has 3 rings (SSSR count). The molecule has 1 aromatic carbocycles.